The SMILES string of the molecule is COC(=O)[C@H](C)[C@H](NC(=O)c1ccc(NC(=O)NC(C)C)cc1)c1ccccc1. The maximum atomic E-state index is 12.8. The molecule has 7 heteroatoms. The molecular weight excluding hydrogens is 370 g/mol. The molecule has 2 atom stereocenters. The first-order chi connectivity index (χ1) is 13.8. The molecule has 0 heterocycles. The van der Waals surface area contributed by atoms with Crippen LogP contribution in [-0.4, -0.2) is 31.1 Å². The zero-order valence-electron chi connectivity index (χ0n) is 17.1. The van der Waals surface area contributed by atoms with Gasteiger partial charge < -0.3 is 20.7 Å². The number of carbonyl (C=O) groups is 3. The summed E-state index contributed by atoms with van der Waals surface area (Å²) in [5, 5.41) is 8.34. The van der Waals surface area contributed by atoms with E-state index in [-0.39, 0.29) is 18.0 Å². The van der Waals surface area contributed by atoms with Crippen molar-refractivity contribution in [3.63, 3.8) is 0 Å². The van der Waals surface area contributed by atoms with Crippen LogP contribution in [0, 0.1) is 5.92 Å². The van der Waals surface area contributed by atoms with Gasteiger partial charge in [-0.25, -0.2) is 4.79 Å². The van der Waals surface area contributed by atoms with Gasteiger partial charge in [-0.3, -0.25) is 9.59 Å². The van der Waals surface area contributed by atoms with Gasteiger partial charge in [0.25, 0.3) is 5.91 Å². The molecule has 2 rings (SSSR count). The van der Waals surface area contributed by atoms with Crippen LogP contribution in [0.2, 0.25) is 0 Å². The highest BCUT2D eigenvalue weighted by molar-refractivity contribution is 5.96. The zero-order valence-corrected chi connectivity index (χ0v) is 17.1. The van der Waals surface area contributed by atoms with Crippen molar-refractivity contribution in [2.24, 2.45) is 5.92 Å². The van der Waals surface area contributed by atoms with Crippen LogP contribution in [0.15, 0.2) is 54.6 Å². The van der Waals surface area contributed by atoms with E-state index in [9.17, 15) is 14.4 Å². The fourth-order valence-corrected chi connectivity index (χ4v) is 2.84. The van der Waals surface area contributed by atoms with Crippen molar-refractivity contribution < 1.29 is 19.1 Å². The number of urea groups is 1. The van der Waals surface area contributed by atoms with Crippen LogP contribution >= 0.6 is 0 Å². The second-order valence-corrected chi connectivity index (χ2v) is 7.00. The molecule has 0 fully saturated rings. The van der Waals surface area contributed by atoms with Crippen LogP contribution in [0.1, 0.15) is 42.7 Å². The van der Waals surface area contributed by atoms with E-state index in [1.807, 2.05) is 44.2 Å². The van der Waals surface area contributed by atoms with Crippen molar-refractivity contribution in [2.75, 3.05) is 12.4 Å². The van der Waals surface area contributed by atoms with Gasteiger partial charge in [0.05, 0.1) is 19.1 Å². The number of nitrogens with one attached hydrogen (secondary N) is 3. The molecule has 0 spiro atoms. The highest BCUT2D eigenvalue weighted by atomic mass is 16.5. The van der Waals surface area contributed by atoms with Crippen molar-refractivity contribution in [3.8, 4) is 0 Å². The van der Waals surface area contributed by atoms with E-state index < -0.39 is 17.9 Å². The number of anilines is 1. The molecule has 0 radical (unpaired) electrons. The van der Waals surface area contributed by atoms with Crippen molar-refractivity contribution in [1.29, 1.82) is 0 Å². The lowest BCUT2D eigenvalue weighted by Crippen LogP contribution is -2.36. The van der Waals surface area contributed by atoms with E-state index in [0.717, 1.165) is 5.56 Å². The van der Waals surface area contributed by atoms with Gasteiger partial charge in [-0.2, -0.15) is 0 Å². The van der Waals surface area contributed by atoms with Gasteiger partial charge in [0.1, 0.15) is 0 Å². The van der Waals surface area contributed by atoms with Crippen LogP contribution < -0.4 is 16.0 Å². The van der Waals surface area contributed by atoms with Gasteiger partial charge >= 0.3 is 12.0 Å². The Balaban J connectivity index is 2.12. The largest absolute Gasteiger partial charge is 0.469 e. The summed E-state index contributed by atoms with van der Waals surface area (Å²) in [7, 11) is 1.32. The Hall–Kier alpha value is -3.35. The molecule has 3 amide bonds. The molecule has 0 saturated heterocycles. The maximum absolute atomic E-state index is 12.8. The summed E-state index contributed by atoms with van der Waals surface area (Å²) in [6, 6.07) is 15.0. The average molecular weight is 397 g/mol. The molecule has 0 aliphatic carbocycles. The average Bonchev–Trinajstić information content (AvgIpc) is 2.71. The quantitative estimate of drug-likeness (QED) is 0.623. The van der Waals surface area contributed by atoms with Crippen molar-refractivity contribution in [3.05, 3.63) is 65.7 Å². The van der Waals surface area contributed by atoms with E-state index >= 15 is 0 Å². The Morgan fingerprint density at radius 3 is 2.03 bits per heavy atom. The summed E-state index contributed by atoms with van der Waals surface area (Å²) in [6.07, 6.45) is 0. The molecule has 2 aromatic rings. The Bertz CT molecular complexity index is 835. The lowest BCUT2D eigenvalue weighted by Gasteiger charge is -2.24. The van der Waals surface area contributed by atoms with Crippen molar-refractivity contribution >= 4 is 23.6 Å². The van der Waals surface area contributed by atoms with E-state index in [2.05, 4.69) is 16.0 Å². The summed E-state index contributed by atoms with van der Waals surface area (Å²) in [6.45, 7) is 5.45. The molecule has 0 aliphatic heterocycles. The Kier molecular flexibility index (Phi) is 7.77. The number of benzene rings is 2. The lowest BCUT2D eigenvalue weighted by atomic mass is 9.94. The highest BCUT2D eigenvalue weighted by Gasteiger charge is 2.28. The number of ether oxygens (including phenoxy) is 1. The predicted octanol–water partition coefficient (Wildman–Crippen LogP) is 3.50. The number of hydrogen-bond donors (Lipinski definition) is 3. The molecule has 0 saturated carbocycles. The maximum Gasteiger partial charge on any atom is 0.319 e. The second kappa shape index (κ2) is 10.3. The minimum Gasteiger partial charge on any atom is -0.469 e. The summed E-state index contributed by atoms with van der Waals surface area (Å²) >= 11 is 0. The number of rotatable bonds is 7. The van der Waals surface area contributed by atoms with Crippen molar-refractivity contribution in [1.82, 2.24) is 10.6 Å². The molecule has 0 bridgehead atoms. The number of hydrogen-bond acceptors (Lipinski definition) is 4. The minimum atomic E-state index is -0.563. The first-order valence-electron chi connectivity index (χ1n) is 9.43. The van der Waals surface area contributed by atoms with Crippen LogP contribution in [0.5, 0.6) is 0 Å². The number of methoxy groups -OCH3 is 1. The summed E-state index contributed by atoms with van der Waals surface area (Å²) in [5.41, 5.74) is 1.79. The molecule has 0 aromatic heterocycles. The molecule has 154 valence electrons. The van der Waals surface area contributed by atoms with Crippen molar-refractivity contribution in [2.45, 2.75) is 32.9 Å². The topological polar surface area (TPSA) is 96.5 Å². The van der Waals surface area contributed by atoms with Crippen LogP contribution in [0.25, 0.3) is 0 Å². The van der Waals surface area contributed by atoms with Gasteiger partial charge in [-0.05, 0) is 50.6 Å². The van der Waals surface area contributed by atoms with E-state index in [0.29, 0.717) is 11.3 Å². The number of carbonyl (C=O) groups excluding carboxylic acids is 3. The zero-order chi connectivity index (χ0) is 21.4. The summed E-state index contributed by atoms with van der Waals surface area (Å²) in [5.74, 6) is -1.30. The third-order valence-corrected chi connectivity index (χ3v) is 4.34. The normalized spacial score (nSPS) is 12.6. The van der Waals surface area contributed by atoms with Gasteiger partial charge in [0.15, 0.2) is 0 Å². The van der Waals surface area contributed by atoms with Gasteiger partial charge in [-0.15, -0.1) is 0 Å². The monoisotopic (exact) mass is 397 g/mol. The predicted molar refractivity (Wildman–Crippen MR) is 112 cm³/mol. The first-order valence-corrected chi connectivity index (χ1v) is 9.43. The lowest BCUT2D eigenvalue weighted by molar-refractivity contribution is -0.145. The van der Waals surface area contributed by atoms with Crippen LogP contribution in [0.4, 0.5) is 10.5 Å². The standard InChI is InChI=1S/C22H27N3O4/c1-14(2)23-22(28)24-18-12-10-17(11-13-18)20(26)25-19(15(3)21(27)29-4)16-8-6-5-7-9-16/h5-15,19H,1-4H3,(H,25,26)(H2,23,24,28)/t15-,19+/m1/s1. The Morgan fingerprint density at radius 2 is 1.48 bits per heavy atom. The fourth-order valence-electron chi connectivity index (χ4n) is 2.84. The fraction of sp³-hybridized carbons (Fsp3) is 0.318. The number of esters is 1. The third-order valence-electron chi connectivity index (χ3n) is 4.34. The Labute approximate surface area is 170 Å². The van der Waals surface area contributed by atoms with Crippen LogP contribution in [-0.2, 0) is 9.53 Å². The molecule has 29 heavy (non-hydrogen) atoms. The summed E-state index contributed by atoms with van der Waals surface area (Å²) < 4.78 is 4.85. The molecule has 0 aliphatic rings. The molecule has 3 N–H and O–H groups in total. The van der Waals surface area contributed by atoms with Gasteiger partial charge in [-0.1, -0.05) is 30.3 Å². The molecular formula is C22H27N3O4. The Morgan fingerprint density at radius 1 is 0.862 bits per heavy atom. The molecule has 0 unspecified atom stereocenters. The number of amides is 3. The molecule has 7 nitrogen and oxygen atoms in total. The van der Waals surface area contributed by atoms with Gasteiger partial charge in [0.2, 0.25) is 0 Å². The smallest absolute Gasteiger partial charge is 0.319 e. The summed E-state index contributed by atoms with van der Waals surface area (Å²) in [4.78, 5) is 36.6. The highest BCUT2D eigenvalue weighted by Crippen LogP contribution is 2.24. The second-order valence-electron chi connectivity index (χ2n) is 7.00. The van der Waals surface area contributed by atoms with Crippen LogP contribution in [0.3, 0.4) is 0 Å². The molecule has 2 aromatic carbocycles. The van der Waals surface area contributed by atoms with E-state index in [4.69, 9.17) is 4.74 Å². The minimum absolute atomic E-state index is 0.0202. The van der Waals surface area contributed by atoms with Gasteiger partial charge in [0, 0.05) is 17.3 Å². The first kappa shape index (κ1) is 21.9. The van der Waals surface area contributed by atoms with E-state index in [1.54, 1.807) is 31.2 Å². The van der Waals surface area contributed by atoms with E-state index in [1.165, 1.54) is 7.11 Å². The third kappa shape index (κ3) is 6.34.